The van der Waals surface area contributed by atoms with Crippen molar-refractivity contribution in [3.8, 4) is 5.88 Å². The van der Waals surface area contributed by atoms with Crippen molar-refractivity contribution in [3.63, 3.8) is 0 Å². The highest BCUT2D eigenvalue weighted by Crippen LogP contribution is 2.49. The minimum atomic E-state index is -4.26. The first kappa shape index (κ1) is 41.9. The van der Waals surface area contributed by atoms with Crippen LogP contribution in [0.15, 0.2) is 18.2 Å². The average Bonchev–Trinajstić information content (AvgIpc) is 3.99. The summed E-state index contributed by atoms with van der Waals surface area (Å²) in [5.74, 6) is -5.83. The van der Waals surface area contributed by atoms with Crippen LogP contribution in [0.5, 0.6) is 5.88 Å². The SMILES string of the molecule is C[C@@H]1[C@@H]2CN(C(=O)[C@H](C(C)(C)C)NC(=O)O[C@@H]3CCC[C@H]3CCCCCc3nc4ccc(F)cc4nc3O2)[C@@H]1C(=O)N[C@]1(C(=O)NS(=O)(=O)C2(C)CC2)C[C@H]1C(F)F. The maximum atomic E-state index is 14.8. The van der Waals surface area contributed by atoms with Crippen LogP contribution < -0.4 is 20.1 Å². The van der Waals surface area contributed by atoms with Gasteiger partial charge in [-0.15, -0.1) is 0 Å². The Bertz CT molecular complexity index is 2080. The number of nitrogens with one attached hydrogen (secondary N) is 3. The van der Waals surface area contributed by atoms with Crippen molar-refractivity contribution in [2.75, 3.05) is 6.54 Å². The van der Waals surface area contributed by atoms with E-state index in [0.717, 1.165) is 32.1 Å². The largest absolute Gasteiger partial charge is 0.471 e. The van der Waals surface area contributed by atoms with Gasteiger partial charge < -0.3 is 25.0 Å². The minimum Gasteiger partial charge on any atom is -0.471 e. The number of nitrogens with zero attached hydrogens (tertiary/aromatic N) is 3. The molecule has 0 unspecified atom stereocenters. The van der Waals surface area contributed by atoms with E-state index >= 15 is 0 Å². The van der Waals surface area contributed by atoms with E-state index in [4.69, 9.17) is 14.5 Å². The molecule has 5 aliphatic rings. The van der Waals surface area contributed by atoms with Crippen molar-refractivity contribution in [2.24, 2.45) is 23.2 Å². The summed E-state index contributed by atoms with van der Waals surface area (Å²) in [5, 5.41) is 5.21. The summed E-state index contributed by atoms with van der Waals surface area (Å²) < 4.78 is 82.2. The number of rotatable bonds is 6. The number of benzene rings is 1. The van der Waals surface area contributed by atoms with Gasteiger partial charge in [-0.3, -0.25) is 19.1 Å². The fourth-order valence-electron chi connectivity index (χ4n) is 8.76. The molecule has 8 atom stereocenters. The van der Waals surface area contributed by atoms with Crippen LogP contribution in [0.25, 0.3) is 11.0 Å². The predicted octanol–water partition coefficient (Wildman–Crippen LogP) is 4.93. The normalized spacial score (nSPS) is 31.5. The summed E-state index contributed by atoms with van der Waals surface area (Å²) in [5.41, 5.74) is -2.02. The molecule has 7 rings (SSSR count). The Morgan fingerprint density at radius 2 is 1.72 bits per heavy atom. The molecule has 3 aliphatic carbocycles. The Morgan fingerprint density at radius 1 is 1.00 bits per heavy atom. The van der Waals surface area contributed by atoms with Gasteiger partial charge in [0, 0.05) is 12.0 Å². The van der Waals surface area contributed by atoms with E-state index in [1.54, 1.807) is 27.7 Å². The second kappa shape index (κ2) is 15.4. The second-order valence-corrected chi connectivity index (χ2v) is 20.4. The minimum absolute atomic E-state index is 0.0871. The van der Waals surface area contributed by atoms with Crippen LogP contribution in [0.1, 0.15) is 105 Å². The van der Waals surface area contributed by atoms with Gasteiger partial charge in [-0.25, -0.2) is 36.4 Å². The number of aromatic nitrogens is 2. The van der Waals surface area contributed by atoms with Crippen molar-refractivity contribution in [2.45, 2.75) is 146 Å². The Balaban J connectivity index is 1.25. The number of amides is 4. The molecule has 2 aliphatic heterocycles. The molecular formula is C40H53F3N6O8S. The van der Waals surface area contributed by atoms with E-state index in [1.165, 1.54) is 30.0 Å². The van der Waals surface area contributed by atoms with E-state index in [1.807, 2.05) is 4.72 Å². The third-order valence-electron chi connectivity index (χ3n) is 12.9. The van der Waals surface area contributed by atoms with Gasteiger partial charge >= 0.3 is 6.09 Å². The van der Waals surface area contributed by atoms with Gasteiger partial charge in [-0.1, -0.05) is 40.5 Å². The molecule has 58 heavy (non-hydrogen) atoms. The first-order valence-corrected chi connectivity index (χ1v) is 21.8. The standard InChI is InChI=1S/C40H53F3N6O8S/c1-21-29-20-49(30(21)33(50)47-40(19-24(40)32(42)43)36(52)48-58(54,55)39(5)16-17-39)35(51)31(38(2,3)4)46-37(53)57-28-13-9-11-22(28)10-7-6-8-12-26-34(56-29)45-27-18-23(41)14-15-25(27)44-26/h14-15,18,21-22,24,28-32H,6-13,16-17,19-20H2,1-5H3,(H,46,53)(H,47,50)(H,48,52)/t21-,22-,24+,28-,29+,30+,31-,40-/m1/s1. The van der Waals surface area contributed by atoms with Crippen LogP contribution in [0.2, 0.25) is 0 Å². The number of sulfonamides is 1. The third-order valence-corrected chi connectivity index (χ3v) is 15.0. The molecule has 1 aromatic carbocycles. The molecule has 1 aromatic heterocycles. The molecule has 18 heteroatoms. The second-order valence-electron chi connectivity index (χ2n) is 18.2. The Hall–Kier alpha value is -4.22. The van der Waals surface area contributed by atoms with Gasteiger partial charge in [0.1, 0.15) is 41.3 Å². The molecule has 3 N–H and O–H groups in total. The number of halogens is 3. The summed E-state index contributed by atoms with van der Waals surface area (Å²) >= 11 is 0. The van der Waals surface area contributed by atoms with Crippen LogP contribution in [-0.2, 0) is 35.6 Å². The number of alkyl carbamates (subject to hydrolysis) is 1. The summed E-state index contributed by atoms with van der Waals surface area (Å²) in [4.78, 5) is 67.1. The molecule has 0 spiro atoms. The first-order chi connectivity index (χ1) is 27.2. The van der Waals surface area contributed by atoms with Gasteiger partial charge in [0.2, 0.25) is 34.1 Å². The van der Waals surface area contributed by atoms with Gasteiger partial charge in [0.15, 0.2) is 0 Å². The number of fused-ring (bicyclic) bond motifs is 5. The predicted molar refractivity (Wildman–Crippen MR) is 204 cm³/mol. The van der Waals surface area contributed by atoms with Crippen LogP contribution in [-0.4, -0.2) is 94.6 Å². The van der Waals surface area contributed by atoms with E-state index in [-0.39, 0.29) is 42.8 Å². The molecule has 3 saturated carbocycles. The maximum absolute atomic E-state index is 14.8. The van der Waals surface area contributed by atoms with Crippen molar-refractivity contribution in [1.82, 2.24) is 30.2 Å². The lowest BCUT2D eigenvalue weighted by Gasteiger charge is -2.36. The Kier molecular flexibility index (Phi) is 11.1. The molecule has 4 fully saturated rings. The fourth-order valence-corrected chi connectivity index (χ4v) is 10.1. The number of hydrogen-bond donors (Lipinski definition) is 3. The van der Waals surface area contributed by atoms with Crippen LogP contribution >= 0.6 is 0 Å². The maximum Gasteiger partial charge on any atom is 0.408 e. The van der Waals surface area contributed by atoms with Crippen LogP contribution in [0, 0.1) is 29.0 Å². The summed E-state index contributed by atoms with van der Waals surface area (Å²) in [6, 6.07) is 1.35. The van der Waals surface area contributed by atoms with E-state index in [9.17, 15) is 40.8 Å². The molecule has 3 heterocycles. The zero-order valence-electron chi connectivity index (χ0n) is 33.5. The summed E-state index contributed by atoms with van der Waals surface area (Å²) in [6.45, 7) is 8.02. The zero-order valence-corrected chi connectivity index (χ0v) is 34.3. The number of alkyl halides is 2. The highest BCUT2D eigenvalue weighted by Gasteiger charge is 2.67. The number of carbonyl (C=O) groups excluding carboxylic acids is 4. The number of ether oxygens (including phenoxy) is 2. The molecule has 14 nitrogen and oxygen atoms in total. The fraction of sp³-hybridized carbons (Fsp3) is 0.700. The molecule has 1 saturated heterocycles. The smallest absolute Gasteiger partial charge is 0.408 e. The number of aryl methyl sites for hydroxylation is 1. The van der Waals surface area contributed by atoms with Crippen molar-refractivity contribution in [3.05, 3.63) is 29.7 Å². The lowest BCUT2D eigenvalue weighted by atomic mass is 9.85. The topological polar surface area (TPSA) is 186 Å². The van der Waals surface area contributed by atoms with Crippen LogP contribution in [0.4, 0.5) is 18.0 Å². The van der Waals surface area contributed by atoms with E-state index in [2.05, 4.69) is 15.6 Å². The van der Waals surface area contributed by atoms with Gasteiger partial charge in [0.05, 0.1) is 28.2 Å². The van der Waals surface area contributed by atoms with Gasteiger partial charge in [-0.2, -0.15) is 0 Å². The highest BCUT2D eigenvalue weighted by atomic mass is 32.2. The molecule has 0 radical (unpaired) electrons. The van der Waals surface area contributed by atoms with Gasteiger partial charge in [0.25, 0.3) is 5.91 Å². The monoisotopic (exact) mass is 834 g/mol. The molecule has 318 valence electrons. The van der Waals surface area contributed by atoms with Crippen molar-refractivity contribution < 1.29 is 50.2 Å². The van der Waals surface area contributed by atoms with E-state index in [0.29, 0.717) is 30.5 Å². The Labute approximate surface area is 336 Å². The highest BCUT2D eigenvalue weighted by molar-refractivity contribution is 7.91. The zero-order chi connectivity index (χ0) is 41.9. The molecule has 2 bridgehead atoms. The average molecular weight is 835 g/mol. The first-order valence-electron chi connectivity index (χ1n) is 20.3. The van der Waals surface area contributed by atoms with Gasteiger partial charge in [-0.05, 0) is 88.2 Å². The molecule has 2 aromatic rings. The summed E-state index contributed by atoms with van der Waals surface area (Å²) in [6.07, 6.45) is 1.05. The lowest BCUT2D eigenvalue weighted by Crippen LogP contribution is -2.61. The number of carbonyl (C=O) groups is 4. The van der Waals surface area contributed by atoms with Crippen molar-refractivity contribution >= 4 is 44.9 Å². The number of hydrogen-bond acceptors (Lipinski definition) is 10. The molecular weight excluding hydrogens is 782 g/mol. The van der Waals surface area contributed by atoms with E-state index < -0.39 is 98.2 Å². The van der Waals surface area contributed by atoms with Crippen molar-refractivity contribution in [1.29, 1.82) is 0 Å². The van der Waals surface area contributed by atoms with Crippen LogP contribution in [0.3, 0.4) is 0 Å². The molecule has 4 amide bonds. The third kappa shape index (κ3) is 8.18. The summed E-state index contributed by atoms with van der Waals surface area (Å²) in [7, 11) is -4.26. The lowest BCUT2D eigenvalue weighted by molar-refractivity contribution is -0.143. The Morgan fingerprint density at radius 3 is 2.40 bits per heavy atom. The quantitative estimate of drug-likeness (QED) is 0.361.